The van der Waals surface area contributed by atoms with E-state index in [4.69, 9.17) is 4.74 Å². The molecule has 3 aromatic rings. The minimum Gasteiger partial charge on any atom is -0.508 e. The van der Waals surface area contributed by atoms with E-state index in [0.29, 0.717) is 18.8 Å². The van der Waals surface area contributed by atoms with Crippen molar-refractivity contribution in [2.75, 3.05) is 5.32 Å². The lowest BCUT2D eigenvalue weighted by molar-refractivity contribution is -0.117. The first kappa shape index (κ1) is 25.8. The van der Waals surface area contributed by atoms with E-state index < -0.39 is 5.60 Å². The maximum absolute atomic E-state index is 12.8. The van der Waals surface area contributed by atoms with E-state index in [1.165, 1.54) is 11.1 Å². The van der Waals surface area contributed by atoms with Crippen LogP contribution in [0.3, 0.4) is 0 Å². The zero-order chi connectivity index (χ0) is 26.3. The van der Waals surface area contributed by atoms with Crippen LogP contribution >= 0.6 is 0 Å². The second kappa shape index (κ2) is 9.65. The summed E-state index contributed by atoms with van der Waals surface area (Å²) >= 11 is 0. The number of aromatic hydroxyl groups is 1. The SMILES string of the molecule is CC(C)c1ccc(C2c3cc(NC(=O)CC(C)(C)C)cc(Cc4ccc(O)cc4)c3OC2(C)C)cc1. The van der Waals surface area contributed by atoms with Crippen molar-refractivity contribution in [2.45, 2.75) is 78.7 Å². The van der Waals surface area contributed by atoms with Gasteiger partial charge in [0, 0.05) is 29.7 Å². The van der Waals surface area contributed by atoms with Gasteiger partial charge in [-0.3, -0.25) is 4.79 Å². The number of hydrogen-bond acceptors (Lipinski definition) is 3. The van der Waals surface area contributed by atoms with Crippen LogP contribution in [0.4, 0.5) is 5.69 Å². The Labute approximate surface area is 215 Å². The first-order valence-corrected chi connectivity index (χ1v) is 12.9. The molecule has 1 amide bonds. The summed E-state index contributed by atoms with van der Waals surface area (Å²) < 4.78 is 6.64. The molecule has 4 rings (SSSR count). The number of benzene rings is 3. The van der Waals surface area contributed by atoms with E-state index in [2.05, 4.69) is 84.1 Å². The Balaban J connectivity index is 1.78. The van der Waals surface area contributed by atoms with Crippen LogP contribution in [0.2, 0.25) is 0 Å². The number of ether oxygens (including phenoxy) is 1. The van der Waals surface area contributed by atoms with Crippen LogP contribution in [0.1, 0.15) is 94.5 Å². The van der Waals surface area contributed by atoms with E-state index in [9.17, 15) is 9.90 Å². The highest BCUT2D eigenvalue weighted by Gasteiger charge is 2.43. The van der Waals surface area contributed by atoms with Gasteiger partial charge >= 0.3 is 0 Å². The fraction of sp³-hybridized carbons (Fsp3) is 0.406. The Morgan fingerprint density at radius 1 is 1.03 bits per heavy atom. The lowest BCUT2D eigenvalue weighted by atomic mass is 9.80. The topological polar surface area (TPSA) is 58.6 Å². The summed E-state index contributed by atoms with van der Waals surface area (Å²) in [5, 5.41) is 12.9. The number of amides is 1. The van der Waals surface area contributed by atoms with E-state index in [-0.39, 0.29) is 23.0 Å². The Hall–Kier alpha value is -3.27. The fourth-order valence-electron chi connectivity index (χ4n) is 5.13. The number of anilines is 1. The van der Waals surface area contributed by atoms with Gasteiger partial charge in [-0.15, -0.1) is 0 Å². The average molecular weight is 486 g/mol. The Kier molecular flexibility index (Phi) is 6.92. The molecule has 1 heterocycles. The number of carbonyl (C=O) groups is 1. The summed E-state index contributed by atoms with van der Waals surface area (Å²) in [7, 11) is 0. The molecule has 4 nitrogen and oxygen atoms in total. The van der Waals surface area contributed by atoms with Gasteiger partial charge in [-0.25, -0.2) is 0 Å². The second-order valence-corrected chi connectivity index (χ2v) is 12.1. The maximum Gasteiger partial charge on any atom is 0.224 e. The standard InChI is InChI=1S/C32H39NO3/c1-20(2)22-10-12-23(13-11-22)29-27-18-25(33-28(35)19-31(3,4)5)17-24(30(27)36-32(29,6)7)16-21-8-14-26(34)15-9-21/h8-15,17-18,20,29,34H,16,19H2,1-7H3,(H,33,35). The highest BCUT2D eigenvalue weighted by Crippen LogP contribution is 2.51. The van der Waals surface area contributed by atoms with Crippen molar-refractivity contribution in [3.05, 3.63) is 88.5 Å². The molecular formula is C32H39NO3. The monoisotopic (exact) mass is 485 g/mol. The zero-order valence-corrected chi connectivity index (χ0v) is 22.6. The Morgan fingerprint density at radius 3 is 2.25 bits per heavy atom. The molecule has 0 saturated carbocycles. The highest BCUT2D eigenvalue weighted by molar-refractivity contribution is 5.91. The van der Waals surface area contributed by atoms with E-state index in [1.54, 1.807) is 12.1 Å². The summed E-state index contributed by atoms with van der Waals surface area (Å²) in [6, 6.07) is 20.2. The molecule has 0 bridgehead atoms. The predicted octanol–water partition coefficient (Wildman–Crippen LogP) is 7.78. The summed E-state index contributed by atoms with van der Waals surface area (Å²) in [4.78, 5) is 12.8. The molecule has 1 aliphatic rings. The quantitative estimate of drug-likeness (QED) is 0.375. The van der Waals surface area contributed by atoms with Crippen molar-refractivity contribution < 1.29 is 14.6 Å². The highest BCUT2D eigenvalue weighted by atomic mass is 16.5. The minimum atomic E-state index is -0.445. The first-order valence-electron chi connectivity index (χ1n) is 12.9. The number of phenolic OH excluding ortho intramolecular Hbond substituents is 1. The van der Waals surface area contributed by atoms with Crippen LogP contribution in [0, 0.1) is 5.41 Å². The summed E-state index contributed by atoms with van der Waals surface area (Å²) in [5.41, 5.74) is 5.96. The van der Waals surface area contributed by atoms with Crippen molar-refractivity contribution in [1.29, 1.82) is 0 Å². The van der Waals surface area contributed by atoms with Gasteiger partial charge in [0.2, 0.25) is 5.91 Å². The van der Waals surface area contributed by atoms with Crippen molar-refractivity contribution in [2.24, 2.45) is 5.41 Å². The van der Waals surface area contributed by atoms with Gasteiger partial charge in [0.25, 0.3) is 0 Å². The summed E-state index contributed by atoms with van der Waals surface area (Å²) in [5.74, 6) is 1.65. The number of fused-ring (bicyclic) bond motifs is 1. The molecule has 0 saturated heterocycles. The third kappa shape index (κ3) is 5.75. The number of carbonyl (C=O) groups excluding carboxylic acids is 1. The van der Waals surface area contributed by atoms with Gasteiger partial charge in [0.1, 0.15) is 17.1 Å². The minimum absolute atomic E-state index is 0.00838. The van der Waals surface area contributed by atoms with Crippen LogP contribution < -0.4 is 10.1 Å². The first-order chi connectivity index (χ1) is 16.8. The third-order valence-electron chi connectivity index (χ3n) is 6.81. The van der Waals surface area contributed by atoms with Crippen LogP contribution in [0.5, 0.6) is 11.5 Å². The molecule has 4 heteroatoms. The van der Waals surface area contributed by atoms with Crippen LogP contribution in [-0.2, 0) is 11.2 Å². The van der Waals surface area contributed by atoms with Gasteiger partial charge in [-0.05, 0) is 66.1 Å². The van der Waals surface area contributed by atoms with E-state index >= 15 is 0 Å². The molecule has 190 valence electrons. The van der Waals surface area contributed by atoms with Crippen molar-refractivity contribution in [3.63, 3.8) is 0 Å². The third-order valence-corrected chi connectivity index (χ3v) is 6.81. The predicted molar refractivity (Wildman–Crippen MR) is 147 cm³/mol. The molecule has 0 aromatic heterocycles. The van der Waals surface area contributed by atoms with Crippen LogP contribution in [-0.4, -0.2) is 16.6 Å². The number of phenols is 1. The number of nitrogens with one attached hydrogen (secondary N) is 1. The molecule has 2 N–H and O–H groups in total. The molecule has 0 spiro atoms. The van der Waals surface area contributed by atoms with Gasteiger partial charge in [-0.2, -0.15) is 0 Å². The summed E-state index contributed by atoms with van der Waals surface area (Å²) in [6.07, 6.45) is 1.08. The Morgan fingerprint density at radius 2 is 1.67 bits per heavy atom. The molecule has 0 fully saturated rings. The normalized spacial score (nSPS) is 16.5. The Bertz CT molecular complexity index is 1230. The smallest absolute Gasteiger partial charge is 0.224 e. The molecule has 36 heavy (non-hydrogen) atoms. The fourth-order valence-corrected chi connectivity index (χ4v) is 5.13. The number of hydrogen-bond donors (Lipinski definition) is 2. The van der Waals surface area contributed by atoms with Gasteiger partial charge in [-0.1, -0.05) is 71.0 Å². The average Bonchev–Trinajstić information content (AvgIpc) is 3.04. The molecule has 1 aliphatic heterocycles. The lowest BCUT2D eigenvalue weighted by Gasteiger charge is -2.27. The molecule has 3 aromatic carbocycles. The molecule has 0 aliphatic carbocycles. The van der Waals surface area contributed by atoms with Crippen LogP contribution in [0.25, 0.3) is 0 Å². The van der Waals surface area contributed by atoms with Gasteiger partial charge in [0.05, 0.1) is 5.92 Å². The van der Waals surface area contributed by atoms with Crippen molar-refractivity contribution >= 4 is 11.6 Å². The summed E-state index contributed by atoms with van der Waals surface area (Å²) in [6.45, 7) is 14.9. The molecule has 0 radical (unpaired) electrons. The van der Waals surface area contributed by atoms with Crippen molar-refractivity contribution in [3.8, 4) is 11.5 Å². The zero-order valence-electron chi connectivity index (χ0n) is 22.6. The van der Waals surface area contributed by atoms with Gasteiger partial charge in [0.15, 0.2) is 0 Å². The van der Waals surface area contributed by atoms with Crippen LogP contribution in [0.15, 0.2) is 60.7 Å². The maximum atomic E-state index is 12.8. The molecule has 1 atom stereocenters. The van der Waals surface area contributed by atoms with E-state index in [0.717, 1.165) is 28.1 Å². The second-order valence-electron chi connectivity index (χ2n) is 12.1. The number of rotatable bonds is 6. The van der Waals surface area contributed by atoms with E-state index in [1.807, 2.05) is 18.2 Å². The van der Waals surface area contributed by atoms with Gasteiger partial charge < -0.3 is 15.2 Å². The molecule has 1 unspecified atom stereocenters. The largest absolute Gasteiger partial charge is 0.508 e. The molecular weight excluding hydrogens is 446 g/mol. The lowest BCUT2D eigenvalue weighted by Crippen LogP contribution is -2.31. The van der Waals surface area contributed by atoms with Crippen molar-refractivity contribution in [1.82, 2.24) is 0 Å².